The fraction of sp³-hybridized carbons (Fsp3) is 0.500. The molecule has 2 heterocycles. The lowest BCUT2D eigenvalue weighted by atomic mass is 10.2. The average Bonchev–Trinajstić information content (AvgIpc) is 2.32. The zero-order valence-electron chi connectivity index (χ0n) is 10.7. The van der Waals surface area contributed by atoms with E-state index in [1.54, 1.807) is 12.3 Å². The third kappa shape index (κ3) is 5.44. The summed E-state index contributed by atoms with van der Waals surface area (Å²) in [7, 11) is 0. The molecule has 0 spiro atoms. The van der Waals surface area contributed by atoms with Crippen LogP contribution in [0.15, 0.2) is 22.8 Å². The van der Waals surface area contributed by atoms with Crippen LogP contribution in [0, 0.1) is 0 Å². The number of anilines is 1. The summed E-state index contributed by atoms with van der Waals surface area (Å²) < 4.78 is 0.899. The number of hydrogen-bond donors (Lipinski definition) is 2. The van der Waals surface area contributed by atoms with Crippen molar-refractivity contribution in [2.75, 3.05) is 31.5 Å². The fourth-order valence-corrected chi connectivity index (χ4v) is 2.23. The van der Waals surface area contributed by atoms with E-state index in [-0.39, 0.29) is 18.3 Å². The lowest BCUT2D eigenvalue weighted by molar-refractivity contribution is -0.117. The maximum absolute atomic E-state index is 11.8. The van der Waals surface area contributed by atoms with Gasteiger partial charge in [-0.25, -0.2) is 4.98 Å². The Morgan fingerprint density at radius 3 is 3.05 bits per heavy atom. The summed E-state index contributed by atoms with van der Waals surface area (Å²) in [5, 5.41) is 6.15. The van der Waals surface area contributed by atoms with E-state index >= 15 is 0 Å². The van der Waals surface area contributed by atoms with E-state index in [4.69, 9.17) is 0 Å². The molecule has 1 aliphatic rings. The zero-order valence-corrected chi connectivity index (χ0v) is 13.1. The van der Waals surface area contributed by atoms with Crippen LogP contribution < -0.4 is 10.6 Å². The minimum absolute atomic E-state index is 0. The highest BCUT2D eigenvalue weighted by Crippen LogP contribution is 2.10. The van der Waals surface area contributed by atoms with Crippen molar-refractivity contribution < 1.29 is 4.79 Å². The molecular formula is C12H18BrClN4O. The smallest absolute Gasteiger partial charge is 0.239 e. The van der Waals surface area contributed by atoms with Gasteiger partial charge in [0.15, 0.2) is 0 Å². The Bertz CT molecular complexity index is 415. The first kappa shape index (κ1) is 16.4. The van der Waals surface area contributed by atoms with Crippen LogP contribution in [0.25, 0.3) is 0 Å². The molecule has 0 radical (unpaired) electrons. The van der Waals surface area contributed by atoms with Gasteiger partial charge in [0.05, 0.1) is 6.54 Å². The molecule has 0 bridgehead atoms. The summed E-state index contributed by atoms with van der Waals surface area (Å²) in [4.78, 5) is 18.1. The molecule has 0 aromatic carbocycles. The number of halogens is 2. The van der Waals surface area contributed by atoms with E-state index in [2.05, 4.69) is 43.4 Å². The number of aromatic nitrogens is 1. The van der Waals surface area contributed by atoms with Crippen molar-refractivity contribution in [1.82, 2.24) is 15.2 Å². The number of pyridine rings is 1. The summed E-state index contributed by atoms with van der Waals surface area (Å²) >= 11 is 3.31. The topological polar surface area (TPSA) is 57.3 Å². The molecule has 1 aliphatic heterocycles. The van der Waals surface area contributed by atoms with Crippen LogP contribution in [-0.2, 0) is 4.79 Å². The molecule has 1 aromatic rings. The Morgan fingerprint density at radius 1 is 1.63 bits per heavy atom. The summed E-state index contributed by atoms with van der Waals surface area (Å²) in [5.74, 6) is 0.574. The standard InChI is InChI=1S/C12H17BrN4O.ClH/c1-9-7-17(5-4-14-9)8-12(18)16-11-3-2-10(13)6-15-11;/h2-3,6,9,14H,4-5,7-8H2,1H3,(H,15,16,18);1H/t9-;/m1./s1. The van der Waals surface area contributed by atoms with Crippen molar-refractivity contribution in [3.05, 3.63) is 22.8 Å². The maximum Gasteiger partial charge on any atom is 0.239 e. The summed E-state index contributed by atoms with van der Waals surface area (Å²) in [6, 6.07) is 4.08. The highest BCUT2D eigenvalue weighted by atomic mass is 79.9. The first-order valence-corrected chi connectivity index (χ1v) is 6.80. The molecule has 7 heteroatoms. The molecule has 1 atom stereocenters. The third-order valence-corrected chi connectivity index (χ3v) is 3.28. The van der Waals surface area contributed by atoms with E-state index in [0.29, 0.717) is 18.4 Å². The largest absolute Gasteiger partial charge is 0.312 e. The highest BCUT2D eigenvalue weighted by Gasteiger charge is 2.17. The summed E-state index contributed by atoms with van der Waals surface area (Å²) in [6.45, 7) is 5.29. The predicted molar refractivity (Wildman–Crippen MR) is 81.7 cm³/mol. The molecule has 1 saturated heterocycles. The Kier molecular flexibility index (Phi) is 6.71. The average molecular weight is 350 g/mol. The van der Waals surface area contributed by atoms with E-state index in [9.17, 15) is 4.79 Å². The number of amides is 1. The third-order valence-electron chi connectivity index (χ3n) is 2.81. The molecule has 1 fully saturated rings. The second kappa shape index (κ2) is 7.79. The number of rotatable bonds is 3. The molecule has 106 valence electrons. The van der Waals surface area contributed by atoms with Crippen LogP contribution >= 0.6 is 28.3 Å². The minimum Gasteiger partial charge on any atom is -0.312 e. The Labute approximate surface area is 127 Å². The number of nitrogens with zero attached hydrogens (tertiary/aromatic N) is 2. The van der Waals surface area contributed by atoms with Crippen LogP contribution in [0.2, 0.25) is 0 Å². The van der Waals surface area contributed by atoms with Gasteiger partial charge in [0.2, 0.25) is 5.91 Å². The van der Waals surface area contributed by atoms with Gasteiger partial charge in [-0.15, -0.1) is 12.4 Å². The van der Waals surface area contributed by atoms with Crippen molar-refractivity contribution in [2.24, 2.45) is 0 Å². The highest BCUT2D eigenvalue weighted by molar-refractivity contribution is 9.10. The summed E-state index contributed by atoms with van der Waals surface area (Å²) in [5.41, 5.74) is 0. The number of carbonyl (C=O) groups excluding carboxylic acids is 1. The first-order valence-electron chi connectivity index (χ1n) is 6.00. The molecule has 1 aromatic heterocycles. The van der Waals surface area contributed by atoms with Gasteiger partial charge in [0, 0.05) is 36.3 Å². The summed E-state index contributed by atoms with van der Waals surface area (Å²) in [6.07, 6.45) is 1.67. The van der Waals surface area contributed by atoms with Gasteiger partial charge in [-0.3, -0.25) is 9.69 Å². The van der Waals surface area contributed by atoms with Crippen LogP contribution in [0.1, 0.15) is 6.92 Å². The van der Waals surface area contributed by atoms with E-state index < -0.39 is 0 Å². The van der Waals surface area contributed by atoms with Crippen LogP contribution in [0.5, 0.6) is 0 Å². The number of hydrogen-bond acceptors (Lipinski definition) is 4. The Hall–Kier alpha value is -0.690. The van der Waals surface area contributed by atoms with Crippen molar-refractivity contribution in [3.8, 4) is 0 Å². The molecule has 1 amide bonds. The Morgan fingerprint density at radius 2 is 2.42 bits per heavy atom. The van der Waals surface area contributed by atoms with E-state index in [1.807, 2.05) is 6.07 Å². The molecular weight excluding hydrogens is 332 g/mol. The second-order valence-electron chi connectivity index (χ2n) is 4.50. The molecule has 2 N–H and O–H groups in total. The SMILES string of the molecule is C[C@@H]1CN(CC(=O)Nc2ccc(Br)cn2)CCN1.Cl. The van der Waals surface area contributed by atoms with Crippen LogP contribution in [0.4, 0.5) is 5.82 Å². The monoisotopic (exact) mass is 348 g/mol. The predicted octanol–water partition coefficient (Wildman–Crippen LogP) is 1.50. The quantitative estimate of drug-likeness (QED) is 0.868. The van der Waals surface area contributed by atoms with Gasteiger partial charge in [0.25, 0.3) is 0 Å². The van der Waals surface area contributed by atoms with E-state index in [0.717, 1.165) is 24.1 Å². The van der Waals surface area contributed by atoms with Crippen molar-refractivity contribution in [3.63, 3.8) is 0 Å². The van der Waals surface area contributed by atoms with E-state index in [1.165, 1.54) is 0 Å². The lowest BCUT2D eigenvalue weighted by Crippen LogP contribution is -2.51. The molecule has 5 nitrogen and oxygen atoms in total. The molecule has 0 aliphatic carbocycles. The minimum atomic E-state index is -0.0149. The molecule has 0 saturated carbocycles. The van der Waals surface area contributed by atoms with Gasteiger partial charge in [-0.05, 0) is 35.0 Å². The van der Waals surface area contributed by atoms with Crippen molar-refractivity contribution >= 4 is 40.1 Å². The normalized spacial score (nSPS) is 19.6. The van der Waals surface area contributed by atoms with Gasteiger partial charge in [-0.2, -0.15) is 0 Å². The zero-order chi connectivity index (χ0) is 13.0. The number of piperazine rings is 1. The van der Waals surface area contributed by atoms with Gasteiger partial charge < -0.3 is 10.6 Å². The van der Waals surface area contributed by atoms with Crippen molar-refractivity contribution in [2.45, 2.75) is 13.0 Å². The fourth-order valence-electron chi connectivity index (χ4n) is 1.99. The number of carbonyl (C=O) groups is 1. The van der Waals surface area contributed by atoms with Gasteiger partial charge in [0.1, 0.15) is 5.82 Å². The second-order valence-corrected chi connectivity index (χ2v) is 5.42. The van der Waals surface area contributed by atoms with Crippen molar-refractivity contribution in [1.29, 1.82) is 0 Å². The number of nitrogens with one attached hydrogen (secondary N) is 2. The first-order chi connectivity index (χ1) is 8.63. The molecule has 19 heavy (non-hydrogen) atoms. The Balaban J connectivity index is 0.00000180. The molecule has 2 rings (SSSR count). The van der Waals surface area contributed by atoms with Crippen LogP contribution in [0.3, 0.4) is 0 Å². The van der Waals surface area contributed by atoms with Gasteiger partial charge in [-0.1, -0.05) is 0 Å². The van der Waals surface area contributed by atoms with Gasteiger partial charge >= 0.3 is 0 Å². The lowest BCUT2D eigenvalue weighted by Gasteiger charge is -2.31. The maximum atomic E-state index is 11.8. The van der Waals surface area contributed by atoms with Crippen LogP contribution in [-0.4, -0.2) is 48.0 Å². The molecule has 0 unspecified atom stereocenters.